The Kier molecular flexibility index (Phi) is 4.27. The molecule has 1 fully saturated rings. The first kappa shape index (κ1) is 14.6. The summed E-state index contributed by atoms with van der Waals surface area (Å²) in [6.45, 7) is 0. The highest BCUT2D eigenvalue weighted by Gasteiger charge is 2.32. The van der Waals surface area contributed by atoms with E-state index in [4.69, 9.17) is 27.9 Å². The molecular weight excluding hydrogens is 305 g/mol. The van der Waals surface area contributed by atoms with Gasteiger partial charge in [-0.15, -0.1) is 0 Å². The molecule has 1 saturated carbocycles. The molecule has 0 aliphatic heterocycles. The first-order valence-electron chi connectivity index (χ1n) is 7.02. The fourth-order valence-electron chi connectivity index (χ4n) is 2.83. The van der Waals surface area contributed by atoms with Crippen LogP contribution >= 0.6 is 23.2 Å². The molecule has 0 atom stereocenters. The molecule has 0 saturated heterocycles. The quantitative estimate of drug-likeness (QED) is 0.818. The standard InChI is InChI=1S/C17H17Cl2NO/c1-21-16-8-3-2-5-13(16)11-9-12(10-11)20-15-7-4-6-14(18)17(15)19/h2-8,11-12,20H,9-10H2,1H3. The predicted octanol–water partition coefficient (Wildman–Crippen LogP) is 5.36. The second kappa shape index (κ2) is 6.17. The molecule has 1 aliphatic carbocycles. The summed E-state index contributed by atoms with van der Waals surface area (Å²) >= 11 is 12.2. The Morgan fingerprint density at radius 3 is 2.57 bits per heavy atom. The Balaban J connectivity index is 1.65. The average Bonchev–Trinajstić information content (AvgIpc) is 2.46. The summed E-state index contributed by atoms with van der Waals surface area (Å²) in [5.41, 5.74) is 2.20. The van der Waals surface area contributed by atoms with Gasteiger partial charge in [0.1, 0.15) is 5.75 Å². The van der Waals surface area contributed by atoms with Gasteiger partial charge in [0.15, 0.2) is 0 Å². The molecule has 0 heterocycles. The van der Waals surface area contributed by atoms with Crippen molar-refractivity contribution >= 4 is 28.9 Å². The Morgan fingerprint density at radius 2 is 1.81 bits per heavy atom. The van der Waals surface area contributed by atoms with E-state index < -0.39 is 0 Å². The largest absolute Gasteiger partial charge is 0.496 e. The molecule has 0 spiro atoms. The maximum atomic E-state index is 6.20. The van der Waals surface area contributed by atoms with Gasteiger partial charge in [-0.05, 0) is 42.5 Å². The summed E-state index contributed by atoms with van der Waals surface area (Å²) in [7, 11) is 1.72. The van der Waals surface area contributed by atoms with Crippen LogP contribution in [-0.4, -0.2) is 13.2 Å². The van der Waals surface area contributed by atoms with Gasteiger partial charge in [0, 0.05) is 6.04 Å². The molecule has 21 heavy (non-hydrogen) atoms. The van der Waals surface area contributed by atoms with E-state index in [0.717, 1.165) is 24.3 Å². The zero-order chi connectivity index (χ0) is 14.8. The van der Waals surface area contributed by atoms with Crippen LogP contribution in [0.3, 0.4) is 0 Å². The summed E-state index contributed by atoms with van der Waals surface area (Å²) in [6, 6.07) is 14.3. The van der Waals surface area contributed by atoms with E-state index in [1.165, 1.54) is 5.56 Å². The summed E-state index contributed by atoms with van der Waals surface area (Å²) < 4.78 is 5.43. The summed E-state index contributed by atoms with van der Waals surface area (Å²) in [6.07, 6.45) is 2.15. The second-order valence-corrected chi connectivity index (χ2v) is 6.14. The number of rotatable bonds is 4. The molecule has 0 unspecified atom stereocenters. The first-order valence-corrected chi connectivity index (χ1v) is 7.78. The van der Waals surface area contributed by atoms with Crippen molar-refractivity contribution in [3.05, 3.63) is 58.1 Å². The minimum atomic E-state index is 0.427. The third-order valence-electron chi connectivity index (χ3n) is 4.03. The van der Waals surface area contributed by atoms with Gasteiger partial charge in [0.25, 0.3) is 0 Å². The third kappa shape index (κ3) is 2.97. The number of halogens is 2. The molecule has 2 aromatic carbocycles. The summed E-state index contributed by atoms with van der Waals surface area (Å²) in [5, 5.41) is 4.65. The van der Waals surface area contributed by atoms with Crippen LogP contribution < -0.4 is 10.1 Å². The van der Waals surface area contributed by atoms with E-state index in [2.05, 4.69) is 17.4 Å². The highest BCUT2D eigenvalue weighted by atomic mass is 35.5. The van der Waals surface area contributed by atoms with Gasteiger partial charge < -0.3 is 10.1 Å². The van der Waals surface area contributed by atoms with Crippen LogP contribution in [-0.2, 0) is 0 Å². The van der Waals surface area contributed by atoms with Crippen molar-refractivity contribution in [2.24, 2.45) is 0 Å². The number of methoxy groups -OCH3 is 1. The Hall–Kier alpha value is -1.38. The average molecular weight is 322 g/mol. The lowest BCUT2D eigenvalue weighted by Gasteiger charge is -2.37. The van der Waals surface area contributed by atoms with Gasteiger partial charge in [-0.3, -0.25) is 0 Å². The highest BCUT2D eigenvalue weighted by molar-refractivity contribution is 6.43. The molecule has 110 valence electrons. The highest BCUT2D eigenvalue weighted by Crippen LogP contribution is 2.43. The van der Waals surface area contributed by atoms with Crippen LogP contribution in [0.25, 0.3) is 0 Å². The van der Waals surface area contributed by atoms with Crippen molar-refractivity contribution in [2.45, 2.75) is 24.8 Å². The minimum Gasteiger partial charge on any atom is -0.496 e. The zero-order valence-corrected chi connectivity index (χ0v) is 13.3. The Morgan fingerprint density at radius 1 is 1.05 bits per heavy atom. The fourth-order valence-corrected chi connectivity index (χ4v) is 3.18. The van der Waals surface area contributed by atoms with E-state index in [1.54, 1.807) is 13.2 Å². The molecule has 0 amide bonds. The number of anilines is 1. The van der Waals surface area contributed by atoms with Crippen LogP contribution in [0.1, 0.15) is 24.3 Å². The number of nitrogens with one attached hydrogen (secondary N) is 1. The van der Waals surface area contributed by atoms with Crippen molar-refractivity contribution in [3.8, 4) is 5.75 Å². The SMILES string of the molecule is COc1ccccc1C1CC(Nc2cccc(Cl)c2Cl)C1. The normalized spacial score (nSPS) is 20.7. The molecule has 1 aliphatic rings. The van der Waals surface area contributed by atoms with E-state index in [0.29, 0.717) is 22.0 Å². The lowest BCUT2D eigenvalue weighted by atomic mass is 9.75. The van der Waals surface area contributed by atoms with Crippen LogP contribution in [0.4, 0.5) is 5.69 Å². The summed E-state index contributed by atoms with van der Waals surface area (Å²) in [5.74, 6) is 1.51. The lowest BCUT2D eigenvalue weighted by Crippen LogP contribution is -2.34. The van der Waals surface area contributed by atoms with E-state index >= 15 is 0 Å². The Bertz CT molecular complexity index is 638. The van der Waals surface area contributed by atoms with Crippen molar-refractivity contribution < 1.29 is 4.74 Å². The summed E-state index contributed by atoms with van der Waals surface area (Å²) in [4.78, 5) is 0. The molecule has 1 N–H and O–H groups in total. The molecule has 2 aromatic rings. The van der Waals surface area contributed by atoms with Crippen LogP contribution in [0.2, 0.25) is 10.0 Å². The number of benzene rings is 2. The smallest absolute Gasteiger partial charge is 0.122 e. The first-order chi connectivity index (χ1) is 10.2. The molecule has 0 aromatic heterocycles. The maximum Gasteiger partial charge on any atom is 0.122 e. The van der Waals surface area contributed by atoms with Gasteiger partial charge >= 0.3 is 0 Å². The molecule has 0 radical (unpaired) electrons. The van der Waals surface area contributed by atoms with Gasteiger partial charge in [0.05, 0.1) is 22.8 Å². The van der Waals surface area contributed by atoms with Gasteiger partial charge in [-0.1, -0.05) is 47.5 Å². The monoisotopic (exact) mass is 321 g/mol. The van der Waals surface area contributed by atoms with E-state index in [-0.39, 0.29) is 0 Å². The van der Waals surface area contributed by atoms with Gasteiger partial charge in [-0.25, -0.2) is 0 Å². The lowest BCUT2D eigenvalue weighted by molar-refractivity contribution is 0.350. The van der Waals surface area contributed by atoms with Crippen molar-refractivity contribution in [1.29, 1.82) is 0 Å². The molecule has 3 rings (SSSR count). The van der Waals surface area contributed by atoms with Crippen LogP contribution in [0, 0.1) is 0 Å². The number of para-hydroxylation sites is 1. The predicted molar refractivity (Wildman–Crippen MR) is 88.8 cm³/mol. The van der Waals surface area contributed by atoms with Crippen LogP contribution in [0.15, 0.2) is 42.5 Å². The number of hydrogen-bond donors (Lipinski definition) is 1. The van der Waals surface area contributed by atoms with Crippen LogP contribution in [0.5, 0.6) is 5.75 Å². The molecular formula is C17H17Cl2NO. The molecule has 2 nitrogen and oxygen atoms in total. The topological polar surface area (TPSA) is 21.3 Å². The molecule has 4 heteroatoms. The Labute approximate surface area is 135 Å². The van der Waals surface area contributed by atoms with Crippen molar-refractivity contribution in [2.75, 3.05) is 12.4 Å². The fraction of sp³-hybridized carbons (Fsp3) is 0.294. The van der Waals surface area contributed by atoms with Crippen molar-refractivity contribution in [1.82, 2.24) is 0 Å². The minimum absolute atomic E-state index is 0.427. The third-order valence-corrected chi connectivity index (χ3v) is 4.85. The van der Waals surface area contributed by atoms with Crippen molar-refractivity contribution in [3.63, 3.8) is 0 Å². The van der Waals surface area contributed by atoms with Gasteiger partial charge in [-0.2, -0.15) is 0 Å². The van der Waals surface area contributed by atoms with E-state index in [1.807, 2.05) is 24.3 Å². The second-order valence-electron chi connectivity index (χ2n) is 5.35. The maximum absolute atomic E-state index is 6.20. The van der Waals surface area contributed by atoms with Gasteiger partial charge in [0.2, 0.25) is 0 Å². The number of ether oxygens (including phenoxy) is 1. The number of hydrogen-bond acceptors (Lipinski definition) is 2. The zero-order valence-electron chi connectivity index (χ0n) is 11.8. The van der Waals surface area contributed by atoms with E-state index in [9.17, 15) is 0 Å². The molecule has 0 bridgehead atoms.